The van der Waals surface area contributed by atoms with Crippen LogP contribution in [0.3, 0.4) is 0 Å². The van der Waals surface area contributed by atoms with E-state index in [0.29, 0.717) is 28.1 Å². The summed E-state index contributed by atoms with van der Waals surface area (Å²) in [6.45, 7) is 1.80. The number of carbonyl (C=O) groups is 2. The number of hydrogen-bond acceptors (Lipinski definition) is 6. The number of esters is 1. The molecule has 3 aromatic rings. The SMILES string of the molecule is COC(=O)c1ccc([C@H]2c3c(-c4ccc(C)cc4O)n[nH]c3C(=O)N2CCO)cc1. The van der Waals surface area contributed by atoms with Gasteiger partial charge in [0.1, 0.15) is 17.1 Å². The first kappa shape index (κ1) is 19.7. The normalized spacial score (nSPS) is 15.4. The number of hydrogen-bond donors (Lipinski definition) is 3. The fourth-order valence-electron chi connectivity index (χ4n) is 3.85. The van der Waals surface area contributed by atoms with Crippen LogP contribution in [0.1, 0.15) is 43.6 Å². The minimum atomic E-state index is -0.527. The summed E-state index contributed by atoms with van der Waals surface area (Å²) < 4.78 is 4.74. The van der Waals surface area contributed by atoms with Crippen LogP contribution in [-0.2, 0) is 4.74 Å². The number of phenols is 1. The summed E-state index contributed by atoms with van der Waals surface area (Å²) in [6, 6.07) is 11.5. The van der Waals surface area contributed by atoms with Gasteiger partial charge in [-0.15, -0.1) is 0 Å². The maximum atomic E-state index is 13.0. The number of nitrogens with zero attached hydrogens (tertiary/aromatic N) is 2. The van der Waals surface area contributed by atoms with Crippen molar-refractivity contribution in [1.82, 2.24) is 15.1 Å². The number of aliphatic hydroxyl groups excluding tert-OH is 1. The first-order valence-corrected chi connectivity index (χ1v) is 9.44. The van der Waals surface area contributed by atoms with E-state index in [1.807, 2.05) is 13.0 Å². The number of carbonyl (C=O) groups excluding carboxylic acids is 2. The lowest BCUT2D eigenvalue weighted by atomic mass is 9.94. The van der Waals surface area contributed by atoms with Crippen LogP contribution in [0.4, 0.5) is 0 Å². The first-order valence-electron chi connectivity index (χ1n) is 9.44. The number of benzene rings is 2. The molecule has 0 bridgehead atoms. The van der Waals surface area contributed by atoms with Gasteiger partial charge in [-0.3, -0.25) is 9.89 Å². The van der Waals surface area contributed by atoms with Gasteiger partial charge in [-0.05, 0) is 42.3 Å². The fraction of sp³-hybridized carbons (Fsp3) is 0.227. The second-order valence-electron chi connectivity index (χ2n) is 7.12. The molecule has 0 spiro atoms. The number of β-amino-alcohol motifs (C(OH)–C–C–N with tert-alkyl or cyclic N) is 1. The highest BCUT2D eigenvalue weighted by Crippen LogP contribution is 2.44. The lowest BCUT2D eigenvalue weighted by Crippen LogP contribution is -2.32. The van der Waals surface area contributed by atoms with Gasteiger partial charge in [-0.1, -0.05) is 18.2 Å². The van der Waals surface area contributed by atoms with Crippen LogP contribution in [0.25, 0.3) is 11.3 Å². The Morgan fingerprint density at radius 3 is 2.60 bits per heavy atom. The molecule has 0 saturated carbocycles. The number of H-pyrrole nitrogens is 1. The summed E-state index contributed by atoms with van der Waals surface area (Å²) in [5.41, 5.74) is 3.96. The summed E-state index contributed by atoms with van der Waals surface area (Å²) in [6.07, 6.45) is 0. The number of methoxy groups -OCH3 is 1. The van der Waals surface area contributed by atoms with Gasteiger partial charge in [0.25, 0.3) is 5.91 Å². The topological polar surface area (TPSA) is 116 Å². The van der Waals surface area contributed by atoms with Gasteiger partial charge in [0, 0.05) is 17.7 Å². The Morgan fingerprint density at radius 1 is 1.23 bits per heavy atom. The number of aromatic hydroxyl groups is 1. The molecular weight excluding hydrogens is 386 g/mol. The number of aryl methyl sites for hydroxylation is 1. The Balaban J connectivity index is 1.85. The zero-order chi connectivity index (χ0) is 21.4. The van der Waals surface area contributed by atoms with Gasteiger partial charge >= 0.3 is 5.97 Å². The van der Waals surface area contributed by atoms with Crippen molar-refractivity contribution in [2.75, 3.05) is 20.3 Å². The zero-order valence-electron chi connectivity index (χ0n) is 16.5. The quantitative estimate of drug-likeness (QED) is 0.560. The summed E-state index contributed by atoms with van der Waals surface area (Å²) in [7, 11) is 1.31. The maximum Gasteiger partial charge on any atom is 0.337 e. The van der Waals surface area contributed by atoms with Crippen molar-refractivity contribution in [3.8, 4) is 17.0 Å². The molecule has 1 aliphatic rings. The Bertz CT molecular complexity index is 1120. The third kappa shape index (κ3) is 3.11. The summed E-state index contributed by atoms with van der Waals surface area (Å²) in [5.74, 6) is -0.672. The van der Waals surface area contributed by atoms with Crippen LogP contribution in [0.15, 0.2) is 42.5 Å². The Kier molecular flexibility index (Phi) is 5.01. The molecule has 8 heteroatoms. The van der Waals surface area contributed by atoms with Crippen molar-refractivity contribution in [2.24, 2.45) is 0 Å². The number of nitrogens with one attached hydrogen (secondary N) is 1. The molecular formula is C22H21N3O5. The standard InChI is InChI=1S/C22H21N3O5/c1-12-3-8-15(16(27)11-12)18-17-19(24-23-18)21(28)25(9-10-26)20(17)13-4-6-14(7-5-13)22(29)30-2/h3-8,11,20,26-27H,9-10H2,1-2H3,(H,23,24)/t20-/m0/s1. The lowest BCUT2D eigenvalue weighted by Gasteiger charge is -2.25. The average molecular weight is 407 g/mol. The fourth-order valence-corrected chi connectivity index (χ4v) is 3.85. The van der Waals surface area contributed by atoms with E-state index in [2.05, 4.69) is 10.2 Å². The third-order valence-corrected chi connectivity index (χ3v) is 5.26. The van der Waals surface area contributed by atoms with Gasteiger partial charge in [0.15, 0.2) is 0 Å². The van der Waals surface area contributed by atoms with Crippen LogP contribution in [0, 0.1) is 6.92 Å². The molecule has 1 aliphatic heterocycles. The van der Waals surface area contributed by atoms with Gasteiger partial charge in [0.2, 0.25) is 0 Å². The number of amides is 1. The highest BCUT2D eigenvalue weighted by atomic mass is 16.5. The largest absolute Gasteiger partial charge is 0.507 e. The van der Waals surface area contributed by atoms with Crippen LogP contribution in [-0.4, -0.2) is 57.4 Å². The monoisotopic (exact) mass is 407 g/mol. The first-order chi connectivity index (χ1) is 14.5. The maximum absolute atomic E-state index is 13.0. The summed E-state index contributed by atoms with van der Waals surface area (Å²) in [5, 5.41) is 27.1. The number of aliphatic hydroxyl groups is 1. The van der Waals surface area contributed by atoms with E-state index in [9.17, 15) is 19.8 Å². The third-order valence-electron chi connectivity index (χ3n) is 5.26. The molecule has 0 fully saturated rings. The Morgan fingerprint density at radius 2 is 1.97 bits per heavy atom. The van der Waals surface area contributed by atoms with Gasteiger partial charge < -0.3 is 19.8 Å². The summed E-state index contributed by atoms with van der Waals surface area (Å²) in [4.78, 5) is 26.3. The Hall–Kier alpha value is -3.65. The molecule has 1 atom stereocenters. The molecule has 0 aliphatic carbocycles. The van der Waals surface area contributed by atoms with Gasteiger partial charge in [-0.2, -0.15) is 5.10 Å². The molecule has 2 aromatic carbocycles. The average Bonchev–Trinajstić information content (AvgIpc) is 3.27. The van der Waals surface area contributed by atoms with Gasteiger partial charge in [-0.25, -0.2) is 4.79 Å². The minimum Gasteiger partial charge on any atom is -0.507 e. The van der Waals surface area contributed by atoms with Crippen LogP contribution in [0.2, 0.25) is 0 Å². The van der Waals surface area contributed by atoms with Crippen molar-refractivity contribution in [1.29, 1.82) is 0 Å². The predicted octanol–water partition coefficient (Wildman–Crippen LogP) is 2.41. The van der Waals surface area contributed by atoms with Crippen molar-refractivity contribution < 1.29 is 24.5 Å². The van der Waals surface area contributed by atoms with E-state index in [1.54, 1.807) is 41.3 Å². The van der Waals surface area contributed by atoms with E-state index in [0.717, 1.165) is 11.1 Å². The van der Waals surface area contributed by atoms with Crippen molar-refractivity contribution in [2.45, 2.75) is 13.0 Å². The van der Waals surface area contributed by atoms with Crippen LogP contribution in [0.5, 0.6) is 5.75 Å². The van der Waals surface area contributed by atoms with E-state index in [4.69, 9.17) is 4.74 Å². The van der Waals surface area contributed by atoms with Gasteiger partial charge in [0.05, 0.1) is 25.3 Å². The molecule has 0 unspecified atom stereocenters. The van der Waals surface area contributed by atoms with Crippen LogP contribution >= 0.6 is 0 Å². The number of rotatable bonds is 5. The molecule has 0 saturated heterocycles. The van der Waals surface area contributed by atoms with E-state index in [1.165, 1.54) is 7.11 Å². The number of fused-ring (bicyclic) bond motifs is 1. The number of phenolic OH excluding ortho intramolecular Hbond substituents is 1. The molecule has 30 heavy (non-hydrogen) atoms. The smallest absolute Gasteiger partial charge is 0.337 e. The molecule has 0 radical (unpaired) electrons. The Labute approximate surface area is 172 Å². The predicted molar refractivity (Wildman–Crippen MR) is 108 cm³/mol. The molecule has 2 heterocycles. The lowest BCUT2D eigenvalue weighted by molar-refractivity contribution is 0.0599. The summed E-state index contributed by atoms with van der Waals surface area (Å²) >= 11 is 0. The zero-order valence-corrected chi connectivity index (χ0v) is 16.5. The highest BCUT2D eigenvalue weighted by Gasteiger charge is 2.42. The highest BCUT2D eigenvalue weighted by molar-refractivity contribution is 6.00. The molecule has 8 nitrogen and oxygen atoms in total. The number of aromatic nitrogens is 2. The number of ether oxygens (including phenoxy) is 1. The van der Waals surface area contributed by atoms with Crippen LogP contribution < -0.4 is 0 Å². The molecule has 3 N–H and O–H groups in total. The van der Waals surface area contributed by atoms with Crippen molar-refractivity contribution >= 4 is 11.9 Å². The van der Waals surface area contributed by atoms with E-state index in [-0.39, 0.29) is 24.8 Å². The molecule has 154 valence electrons. The second kappa shape index (κ2) is 7.64. The number of aromatic amines is 1. The molecule has 4 rings (SSSR count). The van der Waals surface area contributed by atoms with Crippen molar-refractivity contribution in [3.63, 3.8) is 0 Å². The minimum absolute atomic E-state index is 0.0668. The molecule has 1 aromatic heterocycles. The molecule has 1 amide bonds. The van der Waals surface area contributed by atoms with Crippen molar-refractivity contribution in [3.05, 3.63) is 70.4 Å². The van der Waals surface area contributed by atoms with E-state index >= 15 is 0 Å². The van der Waals surface area contributed by atoms with E-state index < -0.39 is 12.0 Å². The second-order valence-corrected chi connectivity index (χ2v) is 7.12.